The molecule has 6 nitrogen and oxygen atoms in total. The summed E-state index contributed by atoms with van der Waals surface area (Å²) in [6, 6.07) is 3.84. The highest BCUT2D eigenvalue weighted by atomic mass is 19.1. The Morgan fingerprint density at radius 2 is 2.31 bits per heavy atom. The summed E-state index contributed by atoms with van der Waals surface area (Å²) in [7, 11) is 0. The summed E-state index contributed by atoms with van der Waals surface area (Å²) in [5.41, 5.74) is 1.89. The Morgan fingerprint density at radius 1 is 1.56 bits per heavy atom. The number of anilines is 1. The molecule has 0 aliphatic rings. The van der Waals surface area contributed by atoms with Crippen LogP contribution in [-0.2, 0) is 0 Å². The van der Waals surface area contributed by atoms with Crippen LogP contribution in [0.2, 0.25) is 0 Å². The van der Waals surface area contributed by atoms with Crippen molar-refractivity contribution in [3.63, 3.8) is 0 Å². The van der Waals surface area contributed by atoms with Gasteiger partial charge in [-0.25, -0.2) is 4.39 Å². The molecule has 0 saturated carbocycles. The minimum Gasteiger partial charge on any atom is -0.320 e. The molecule has 2 aromatic rings. The summed E-state index contributed by atoms with van der Waals surface area (Å²) in [6.45, 7) is 0. The number of halogens is 1. The molecule has 0 fully saturated rings. The summed E-state index contributed by atoms with van der Waals surface area (Å²) < 4.78 is 13.5. The molecule has 82 valence electrons. The minimum absolute atomic E-state index is 0.0544. The largest absolute Gasteiger partial charge is 0.320 e. The molecule has 0 amide bonds. The van der Waals surface area contributed by atoms with Gasteiger partial charge in [-0.1, -0.05) is 0 Å². The number of fused-ring (bicyclic) bond motifs is 1. The van der Waals surface area contributed by atoms with Crippen LogP contribution in [0.3, 0.4) is 0 Å². The third-order valence-corrected chi connectivity index (χ3v) is 2.16. The molecule has 1 aromatic heterocycles. The summed E-state index contributed by atoms with van der Waals surface area (Å²) in [6.07, 6.45) is 1.41. The van der Waals surface area contributed by atoms with Crippen molar-refractivity contribution in [2.45, 2.75) is 0 Å². The third-order valence-electron chi connectivity index (χ3n) is 2.16. The van der Waals surface area contributed by atoms with E-state index < -0.39 is 10.7 Å². The Balaban J connectivity index is 2.91. The Morgan fingerprint density at radius 3 is 2.94 bits per heavy atom. The molecule has 0 atom stereocenters. The lowest BCUT2D eigenvalue weighted by molar-refractivity contribution is -0.383. The zero-order valence-corrected chi connectivity index (χ0v) is 7.98. The Bertz CT molecular complexity index is 573. The van der Waals surface area contributed by atoms with E-state index in [9.17, 15) is 14.5 Å². The summed E-state index contributed by atoms with van der Waals surface area (Å²) in [5.74, 6) is 4.34. The van der Waals surface area contributed by atoms with Gasteiger partial charge in [0.25, 0.3) is 5.69 Å². The number of hydrogen-bond donors (Lipinski definition) is 2. The Hall–Kier alpha value is -2.28. The van der Waals surface area contributed by atoms with Gasteiger partial charge in [-0.05, 0) is 12.1 Å². The molecule has 2 rings (SSSR count). The van der Waals surface area contributed by atoms with Crippen LogP contribution in [0.1, 0.15) is 0 Å². The molecule has 16 heavy (non-hydrogen) atoms. The van der Waals surface area contributed by atoms with Crippen molar-refractivity contribution in [2.75, 3.05) is 5.43 Å². The van der Waals surface area contributed by atoms with Crippen LogP contribution < -0.4 is 11.3 Å². The SMILES string of the molecule is NNc1c(F)cc([N+](=O)[O-])c2cccnc12. The van der Waals surface area contributed by atoms with Crippen molar-refractivity contribution in [1.82, 2.24) is 4.98 Å². The van der Waals surface area contributed by atoms with Crippen molar-refractivity contribution in [3.05, 3.63) is 40.3 Å². The molecule has 1 aromatic carbocycles. The van der Waals surface area contributed by atoms with E-state index in [-0.39, 0.29) is 22.3 Å². The Kier molecular flexibility index (Phi) is 2.37. The lowest BCUT2D eigenvalue weighted by atomic mass is 10.1. The molecule has 0 spiro atoms. The first-order chi connectivity index (χ1) is 7.65. The third kappa shape index (κ3) is 1.43. The van der Waals surface area contributed by atoms with Crippen LogP contribution in [0.4, 0.5) is 15.8 Å². The quantitative estimate of drug-likeness (QED) is 0.457. The number of hydrogen-bond acceptors (Lipinski definition) is 5. The number of nitrogens with two attached hydrogens (primary N) is 1. The lowest BCUT2D eigenvalue weighted by Crippen LogP contribution is -2.10. The summed E-state index contributed by atoms with van der Waals surface area (Å²) >= 11 is 0. The molecular formula is C9H7FN4O2. The maximum absolute atomic E-state index is 13.5. The van der Waals surface area contributed by atoms with Gasteiger partial charge in [-0.3, -0.25) is 20.9 Å². The molecule has 0 bridgehead atoms. The average molecular weight is 222 g/mol. The van der Waals surface area contributed by atoms with Crippen LogP contribution in [0.25, 0.3) is 10.9 Å². The molecule has 1 heterocycles. The van der Waals surface area contributed by atoms with Crippen LogP contribution >= 0.6 is 0 Å². The number of nitrogen functional groups attached to an aromatic ring is 1. The van der Waals surface area contributed by atoms with Gasteiger partial charge in [0, 0.05) is 6.20 Å². The first kappa shape index (κ1) is 10.2. The van der Waals surface area contributed by atoms with Gasteiger partial charge in [0.05, 0.1) is 16.4 Å². The number of nitro groups is 1. The standard InChI is InChI=1S/C9H7FN4O2/c10-6-4-7(14(15)16)5-2-1-3-12-8(5)9(6)13-11/h1-4,13H,11H2. The van der Waals surface area contributed by atoms with E-state index in [0.717, 1.165) is 6.07 Å². The Labute approximate surface area is 89.0 Å². The molecule has 7 heteroatoms. The predicted octanol–water partition coefficient (Wildman–Crippen LogP) is 1.57. The number of nitro benzene ring substituents is 1. The van der Waals surface area contributed by atoms with E-state index in [1.54, 1.807) is 0 Å². The molecule has 0 radical (unpaired) electrons. The fourth-order valence-electron chi connectivity index (χ4n) is 1.48. The van der Waals surface area contributed by atoms with Gasteiger partial charge in [0.2, 0.25) is 0 Å². The smallest absolute Gasteiger partial charge is 0.281 e. The lowest BCUT2D eigenvalue weighted by Gasteiger charge is -2.06. The van der Waals surface area contributed by atoms with E-state index in [2.05, 4.69) is 10.4 Å². The number of non-ortho nitro benzene ring substituents is 1. The van der Waals surface area contributed by atoms with Crippen molar-refractivity contribution >= 4 is 22.3 Å². The van der Waals surface area contributed by atoms with Gasteiger partial charge < -0.3 is 5.43 Å². The molecule has 0 aliphatic carbocycles. The van der Waals surface area contributed by atoms with Crippen LogP contribution in [0.5, 0.6) is 0 Å². The maximum Gasteiger partial charge on any atom is 0.281 e. The molecule has 0 unspecified atom stereocenters. The van der Waals surface area contributed by atoms with E-state index in [0.29, 0.717) is 0 Å². The second kappa shape index (κ2) is 3.70. The fraction of sp³-hybridized carbons (Fsp3) is 0. The zero-order valence-electron chi connectivity index (χ0n) is 7.98. The maximum atomic E-state index is 13.5. The highest BCUT2D eigenvalue weighted by molar-refractivity contribution is 5.96. The van der Waals surface area contributed by atoms with E-state index in [1.165, 1.54) is 18.3 Å². The first-order valence-corrected chi connectivity index (χ1v) is 4.33. The normalized spacial score (nSPS) is 10.4. The minimum atomic E-state index is -0.805. The van der Waals surface area contributed by atoms with Gasteiger partial charge in [0.1, 0.15) is 11.2 Å². The molecule has 3 N–H and O–H groups in total. The second-order valence-corrected chi connectivity index (χ2v) is 3.05. The van der Waals surface area contributed by atoms with Crippen molar-refractivity contribution in [3.8, 4) is 0 Å². The van der Waals surface area contributed by atoms with Gasteiger partial charge in [-0.15, -0.1) is 0 Å². The second-order valence-electron chi connectivity index (χ2n) is 3.05. The summed E-state index contributed by atoms with van der Waals surface area (Å²) in [5, 5.41) is 11.0. The van der Waals surface area contributed by atoms with Gasteiger partial charge >= 0.3 is 0 Å². The number of nitrogens with zero attached hydrogens (tertiary/aromatic N) is 2. The number of hydrazine groups is 1. The average Bonchev–Trinajstić information content (AvgIpc) is 2.28. The zero-order chi connectivity index (χ0) is 11.7. The fourth-order valence-corrected chi connectivity index (χ4v) is 1.48. The number of benzene rings is 1. The number of pyridine rings is 1. The highest BCUT2D eigenvalue weighted by Gasteiger charge is 2.19. The van der Waals surface area contributed by atoms with E-state index in [1.807, 2.05) is 0 Å². The van der Waals surface area contributed by atoms with Crippen molar-refractivity contribution < 1.29 is 9.31 Å². The number of rotatable bonds is 2. The van der Waals surface area contributed by atoms with Gasteiger partial charge in [0.15, 0.2) is 5.82 Å². The highest BCUT2D eigenvalue weighted by Crippen LogP contribution is 2.31. The monoisotopic (exact) mass is 222 g/mol. The first-order valence-electron chi connectivity index (χ1n) is 4.33. The van der Waals surface area contributed by atoms with Crippen molar-refractivity contribution in [1.29, 1.82) is 0 Å². The number of aromatic nitrogens is 1. The van der Waals surface area contributed by atoms with Crippen LogP contribution in [0.15, 0.2) is 24.4 Å². The van der Waals surface area contributed by atoms with Crippen LogP contribution in [-0.4, -0.2) is 9.91 Å². The van der Waals surface area contributed by atoms with E-state index >= 15 is 0 Å². The molecule has 0 aliphatic heterocycles. The topological polar surface area (TPSA) is 94.1 Å². The number of nitrogens with one attached hydrogen (secondary N) is 1. The van der Waals surface area contributed by atoms with Crippen LogP contribution in [0, 0.1) is 15.9 Å². The molecule has 0 saturated heterocycles. The summed E-state index contributed by atoms with van der Waals surface area (Å²) in [4.78, 5) is 13.9. The molecular weight excluding hydrogens is 215 g/mol. The van der Waals surface area contributed by atoms with Gasteiger partial charge in [-0.2, -0.15) is 0 Å². The predicted molar refractivity (Wildman–Crippen MR) is 56.2 cm³/mol. The van der Waals surface area contributed by atoms with Crippen molar-refractivity contribution in [2.24, 2.45) is 5.84 Å². The van der Waals surface area contributed by atoms with E-state index in [4.69, 9.17) is 5.84 Å².